The summed E-state index contributed by atoms with van der Waals surface area (Å²) in [6.45, 7) is 13.0. The minimum atomic E-state index is -0.455. The lowest BCUT2D eigenvalue weighted by molar-refractivity contribution is 0.0276. The van der Waals surface area contributed by atoms with E-state index in [1.807, 2.05) is 20.8 Å². The minimum absolute atomic E-state index is 0.255. The molecule has 2 aliphatic rings. The molecular weight excluding hydrogens is 280 g/mol. The Morgan fingerprint density at radius 1 is 1.32 bits per heavy atom. The monoisotopic (exact) mass is 310 g/mol. The molecule has 0 bridgehead atoms. The van der Waals surface area contributed by atoms with Gasteiger partial charge in [0.25, 0.3) is 0 Å². The van der Waals surface area contributed by atoms with Gasteiger partial charge >= 0.3 is 6.09 Å². The molecule has 1 fully saturated rings. The number of carbonyl (C=O) groups is 1. The second-order valence-electron chi connectivity index (χ2n) is 7.20. The van der Waals surface area contributed by atoms with Crippen LogP contribution < -0.4 is 5.32 Å². The molecule has 0 aromatic heterocycles. The van der Waals surface area contributed by atoms with Gasteiger partial charge in [-0.25, -0.2) is 4.79 Å². The van der Waals surface area contributed by atoms with Gasteiger partial charge in [-0.2, -0.15) is 0 Å². The van der Waals surface area contributed by atoms with Gasteiger partial charge in [0.15, 0.2) is 0 Å². The zero-order chi connectivity index (χ0) is 16.2. The quantitative estimate of drug-likeness (QED) is 0.862. The third kappa shape index (κ3) is 5.16. The van der Waals surface area contributed by atoms with Crippen molar-refractivity contribution in [2.45, 2.75) is 52.2 Å². The SMILES string of the molecule is CC(CNC1=NCCN(C(=O)OC(C)(C)C)C1)N1CCCC1. The Bertz CT molecular complexity index is 411. The number of ether oxygens (including phenoxy) is 1. The molecule has 2 aliphatic heterocycles. The molecule has 0 aromatic rings. The molecule has 0 aliphatic carbocycles. The van der Waals surface area contributed by atoms with E-state index in [2.05, 4.69) is 22.1 Å². The van der Waals surface area contributed by atoms with Crippen LogP contribution in [0.1, 0.15) is 40.5 Å². The Labute approximate surface area is 133 Å². The molecule has 6 nitrogen and oxygen atoms in total. The first-order valence-electron chi connectivity index (χ1n) is 8.34. The fraction of sp³-hybridized carbons (Fsp3) is 0.875. The van der Waals surface area contributed by atoms with E-state index in [0.29, 0.717) is 25.7 Å². The van der Waals surface area contributed by atoms with Crippen molar-refractivity contribution in [1.29, 1.82) is 0 Å². The summed E-state index contributed by atoms with van der Waals surface area (Å²) in [6.07, 6.45) is 2.35. The molecule has 6 heteroatoms. The number of nitrogens with one attached hydrogen (secondary N) is 1. The van der Waals surface area contributed by atoms with Crippen LogP contribution in [0.3, 0.4) is 0 Å². The first-order valence-corrected chi connectivity index (χ1v) is 8.34. The van der Waals surface area contributed by atoms with Crippen LogP contribution in [0.25, 0.3) is 0 Å². The van der Waals surface area contributed by atoms with Crippen LogP contribution in [0.4, 0.5) is 4.79 Å². The van der Waals surface area contributed by atoms with Crippen LogP contribution in [0, 0.1) is 0 Å². The molecule has 0 radical (unpaired) electrons. The third-order valence-corrected chi connectivity index (χ3v) is 4.03. The summed E-state index contributed by atoms with van der Waals surface area (Å²) < 4.78 is 5.43. The Kier molecular flexibility index (Phi) is 5.67. The fourth-order valence-corrected chi connectivity index (χ4v) is 2.79. The van der Waals surface area contributed by atoms with Gasteiger partial charge in [0.1, 0.15) is 11.4 Å². The normalized spacial score (nSPS) is 21.5. The van der Waals surface area contributed by atoms with E-state index in [1.165, 1.54) is 25.9 Å². The molecule has 1 unspecified atom stereocenters. The van der Waals surface area contributed by atoms with Gasteiger partial charge in [0, 0.05) is 19.1 Å². The summed E-state index contributed by atoms with van der Waals surface area (Å²) in [5, 5.41) is 3.40. The first kappa shape index (κ1) is 17.1. The second kappa shape index (κ2) is 7.31. The Morgan fingerprint density at radius 2 is 2.00 bits per heavy atom. The van der Waals surface area contributed by atoms with Crippen molar-refractivity contribution in [2.75, 3.05) is 39.3 Å². The third-order valence-electron chi connectivity index (χ3n) is 4.03. The van der Waals surface area contributed by atoms with Crippen LogP contribution in [0.15, 0.2) is 4.99 Å². The van der Waals surface area contributed by atoms with Gasteiger partial charge < -0.3 is 10.1 Å². The van der Waals surface area contributed by atoms with Crippen LogP contribution in [0.5, 0.6) is 0 Å². The van der Waals surface area contributed by atoms with E-state index in [0.717, 1.165) is 12.4 Å². The molecule has 2 rings (SSSR count). The summed E-state index contributed by atoms with van der Waals surface area (Å²) in [5.41, 5.74) is -0.455. The molecule has 1 atom stereocenters. The van der Waals surface area contributed by atoms with Crippen molar-refractivity contribution in [3.8, 4) is 0 Å². The first-order chi connectivity index (χ1) is 10.3. The molecule has 2 heterocycles. The molecule has 0 saturated carbocycles. The standard InChI is InChI=1S/C16H30N4O2/c1-13(19-8-5-6-9-19)11-18-14-12-20(10-7-17-14)15(21)22-16(2,3)4/h13H,5-12H2,1-4H3,(H,17,18). The largest absolute Gasteiger partial charge is 0.444 e. The van der Waals surface area contributed by atoms with Crippen molar-refractivity contribution < 1.29 is 9.53 Å². The molecular formula is C16H30N4O2. The summed E-state index contributed by atoms with van der Waals surface area (Å²) in [5.74, 6) is 0.892. The zero-order valence-electron chi connectivity index (χ0n) is 14.4. The van der Waals surface area contributed by atoms with Gasteiger partial charge in [-0.05, 0) is 53.6 Å². The highest BCUT2D eigenvalue weighted by Crippen LogP contribution is 2.12. The summed E-state index contributed by atoms with van der Waals surface area (Å²) in [6, 6.07) is 0.502. The van der Waals surface area contributed by atoms with E-state index in [9.17, 15) is 4.79 Å². The summed E-state index contributed by atoms with van der Waals surface area (Å²) in [4.78, 5) is 20.8. The Morgan fingerprint density at radius 3 is 2.64 bits per heavy atom. The lowest BCUT2D eigenvalue weighted by Crippen LogP contribution is -2.49. The number of aliphatic imine (C=N–C) groups is 1. The fourth-order valence-electron chi connectivity index (χ4n) is 2.79. The minimum Gasteiger partial charge on any atom is -0.444 e. The van der Waals surface area contributed by atoms with Crippen molar-refractivity contribution >= 4 is 11.9 Å². The number of likely N-dealkylation sites (tertiary alicyclic amines) is 1. The molecule has 126 valence electrons. The number of carbonyl (C=O) groups excluding carboxylic acids is 1. The van der Waals surface area contributed by atoms with E-state index in [1.54, 1.807) is 4.90 Å². The predicted molar refractivity (Wildman–Crippen MR) is 88.4 cm³/mol. The van der Waals surface area contributed by atoms with Gasteiger partial charge in [-0.3, -0.25) is 14.8 Å². The maximum atomic E-state index is 12.1. The van der Waals surface area contributed by atoms with E-state index < -0.39 is 5.60 Å². The lowest BCUT2D eigenvalue weighted by atomic mass is 10.2. The Balaban J connectivity index is 1.77. The molecule has 0 spiro atoms. The summed E-state index contributed by atoms with van der Waals surface area (Å²) >= 11 is 0. The smallest absolute Gasteiger partial charge is 0.410 e. The molecule has 1 saturated heterocycles. The van der Waals surface area contributed by atoms with Gasteiger partial charge in [-0.15, -0.1) is 0 Å². The highest BCUT2D eigenvalue weighted by Gasteiger charge is 2.25. The van der Waals surface area contributed by atoms with Gasteiger partial charge in [-0.1, -0.05) is 0 Å². The molecule has 0 aromatic carbocycles. The van der Waals surface area contributed by atoms with Crippen LogP contribution in [-0.2, 0) is 4.74 Å². The van der Waals surface area contributed by atoms with Gasteiger partial charge in [0.05, 0.1) is 13.1 Å². The maximum absolute atomic E-state index is 12.1. The number of hydrogen-bond acceptors (Lipinski definition) is 5. The topological polar surface area (TPSA) is 57.2 Å². The lowest BCUT2D eigenvalue weighted by Gasteiger charge is -2.31. The molecule has 1 amide bonds. The second-order valence-corrected chi connectivity index (χ2v) is 7.20. The maximum Gasteiger partial charge on any atom is 0.410 e. The van der Waals surface area contributed by atoms with Crippen molar-refractivity contribution in [3.05, 3.63) is 0 Å². The molecule has 1 N–H and O–H groups in total. The number of amides is 1. The Hall–Kier alpha value is -1.30. The van der Waals surface area contributed by atoms with Crippen LogP contribution in [0.2, 0.25) is 0 Å². The number of nitrogens with zero attached hydrogens (tertiary/aromatic N) is 3. The highest BCUT2D eigenvalue weighted by atomic mass is 16.6. The highest BCUT2D eigenvalue weighted by molar-refractivity contribution is 5.87. The van der Waals surface area contributed by atoms with E-state index in [-0.39, 0.29) is 6.09 Å². The zero-order valence-corrected chi connectivity index (χ0v) is 14.4. The van der Waals surface area contributed by atoms with Crippen LogP contribution in [-0.4, -0.2) is 72.6 Å². The average Bonchev–Trinajstić information content (AvgIpc) is 2.97. The number of rotatable bonds is 3. The van der Waals surface area contributed by atoms with Crippen molar-refractivity contribution in [3.63, 3.8) is 0 Å². The number of hydrogen-bond donors (Lipinski definition) is 1. The summed E-state index contributed by atoms with van der Waals surface area (Å²) in [7, 11) is 0. The van der Waals surface area contributed by atoms with Crippen LogP contribution >= 0.6 is 0 Å². The molecule has 22 heavy (non-hydrogen) atoms. The van der Waals surface area contributed by atoms with Gasteiger partial charge in [0.2, 0.25) is 0 Å². The predicted octanol–water partition coefficient (Wildman–Crippen LogP) is 1.71. The van der Waals surface area contributed by atoms with E-state index in [4.69, 9.17) is 4.74 Å². The van der Waals surface area contributed by atoms with E-state index >= 15 is 0 Å². The average molecular weight is 310 g/mol. The van der Waals surface area contributed by atoms with Crippen molar-refractivity contribution in [2.24, 2.45) is 4.99 Å². The van der Waals surface area contributed by atoms with Crippen molar-refractivity contribution in [1.82, 2.24) is 15.1 Å². The number of amidine groups is 1.